The number of fused-ring (bicyclic) bond motifs is 1. The molecule has 0 saturated heterocycles. The summed E-state index contributed by atoms with van der Waals surface area (Å²) in [6.45, 7) is 2.08. The summed E-state index contributed by atoms with van der Waals surface area (Å²) in [5, 5.41) is 20.4. The molecule has 2 rings (SSSR count). The van der Waals surface area contributed by atoms with Gasteiger partial charge in [-0.05, 0) is 24.1 Å². The summed E-state index contributed by atoms with van der Waals surface area (Å²) in [7, 11) is 0. The Kier molecular flexibility index (Phi) is 4.48. The summed E-state index contributed by atoms with van der Waals surface area (Å²) in [6.07, 6.45) is 3.69. The van der Waals surface area contributed by atoms with E-state index in [0.29, 0.717) is 6.42 Å². The molecule has 0 saturated carbocycles. The van der Waals surface area contributed by atoms with E-state index in [1.807, 2.05) is 30.3 Å². The molecule has 98 valence electrons. The summed E-state index contributed by atoms with van der Waals surface area (Å²) in [6, 6.07) is 11.9. The summed E-state index contributed by atoms with van der Waals surface area (Å²) in [4.78, 5) is 4.35. The van der Waals surface area contributed by atoms with Gasteiger partial charge in [0.15, 0.2) is 0 Å². The van der Waals surface area contributed by atoms with Gasteiger partial charge in [0, 0.05) is 11.6 Å². The van der Waals surface area contributed by atoms with Gasteiger partial charge in [-0.2, -0.15) is 5.26 Å². The number of pyridine rings is 1. The number of para-hydroxylation sites is 1. The highest BCUT2D eigenvalue weighted by molar-refractivity contribution is 5.78. The molecule has 1 heterocycles. The van der Waals surface area contributed by atoms with Crippen LogP contribution >= 0.6 is 0 Å². The predicted molar refractivity (Wildman–Crippen MR) is 75.6 cm³/mol. The van der Waals surface area contributed by atoms with Crippen molar-refractivity contribution in [3.63, 3.8) is 0 Å². The summed E-state index contributed by atoms with van der Waals surface area (Å²) in [5.41, 5.74) is 1.70. The number of hydrogen-bond acceptors (Lipinski definition) is 3. The van der Waals surface area contributed by atoms with Gasteiger partial charge in [0.1, 0.15) is 0 Å². The smallest absolute Gasteiger partial charge is 0.0986 e. The van der Waals surface area contributed by atoms with Gasteiger partial charge in [-0.25, -0.2) is 0 Å². The molecule has 0 amide bonds. The Morgan fingerprint density at radius 3 is 2.89 bits per heavy atom. The second-order valence-corrected chi connectivity index (χ2v) is 4.78. The molecule has 1 N–H and O–H groups in total. The zero-order valence-electron chi connectivity index (χ0n) is 11.1. The molecular weight excluding hydrogens is 236 g/mol. The molecule has 2 unspecified atom stereocenters. The van der Waals surface area contributed by atoms with E-state index >= 15 is 0 Å². The molecule has 0 fully saturated rings. The molecule has 0 aliphatic carbocycles. The minimum absolute atomic E-state index is 0.497. The molecule has 3 heteroatoms. The van der Waals surface area contributed by atoms with E-state index in [1.54, 1.807) is 6.20 Å². The van der Waals surface area contributed by atoms with Gasteiger partial charge in [0.05, 0.1) is 23.6 Å². The maximum absolute atomic E-state index is 10.1. The van der Waals surface area contributed by atoms with E-state index < -0.39 is 12.0 Å². The number of nitrogens with zero attached hydrogens (tertiary/aromatic N) is 2. The van der Waals surface area contributed by atoms with Crippen LogP contribution in [0.1, 0.15) is 37.7 Å². The lowest BCUT2D eigenvalue weighted by atomic mass is 9.92. The highest BCUT2D eigenvalue weighted by Gasteiger charge is 2.20. The molecule has 0 bridgehead atoms. The first-order chi connectivity index (χ1) is 9.26. The van der Waals surface area contributed by atoms with Crippen molar-refractivity contribution >= 4 is 10.9 Å². The minimum Gasteiger partial charge on any atom is -0.391 e. The monoisotopic (exact) mass is 254 g/mol. The molecule has 1 aromatic heterocycles. The fraction of sp³-hybridized carbons (Fsp3) is 0.375. The van der Waals surface area contributed by atoms with Crippen molar-refractivity contribution in [2.75, 3.05) is 0 Å². The van der Waals surface area contributed by atoms with Gasteiger partial charge in [0.25, 0.3) is 0 Å². The van der Waals surface area contributed by atoms with Crippen LogP contribution in [-0.2, 0) is 0 Å². The summed E-state index contributed by atoms with van der Waals surface area (Å²) >= 11 is 0. The van der Waals surface area contributed by atoms with Crippen molar-refractivity contribution in [3.05, 3.63) is 42.1 Å². The molecule has 2 aromatic rings. The van der Waals surface area contributed by atoms with Crippen LogP contribution in [0.2, 0.25) is 0 Å². The number of aliphatic hydroxyl groups excluding tert-OH is 1. The Balaban J connectivity index is 2.28. The topological polar surface area (TPSA) is 56.9 Å². The second-order valence-electron chi connectivity index (χ2n) is 4.78. The van der Waals surface area contributed by atoms with Crippen LogP contribution in [0.4, 0.5) is 0 Å². The normalized spacial score (nSPS) is 13.9. The first-order valence-electron chi connectivity index (χ1n) is 6.68. The number of benzene rings is 1. The van der Waals surface area contributed by atoms with Gasteiger partial charge < -0.3 is 5.11 Å². The van der Waals surface area contributed by atoms with Gasteiger partial charge >= 0.3 is 0 Å². The van der Waals surface area contributed by atoms with E-state index in [9.17, 15) is 10.4 Å². The largest absolute Gasteiger partial charge is 0.391 e. The lowest BCUT2D eigenvalue weighted by Gasteiger charge is -2.16. The molecule has 1 aromatic carbocycles. The van der Waals surface area contributed by atoms with Crippen LogP contribution < -0.4 is 0 Å². The molecule has 0 aliphatic rings. The summed E-state index contributed by atoms with van der Waals surface area (Å²) in [5.74, 6) is -0.497. The number of nitriles is 1. The van der Waals surface area contributed by atoms with E-state index in [1.165, 1.54) is 0 Å². The zero-order valence-corrected chi connectivity index (χ0v) is 11.1. The van der Waals surface area contributed by atoms with Crippen molar-refractivity contribution in [1.29, 1.82) is 5.26 Å². The fourth-order valence-electron chi connectivity index (χ4n) is 2.22. The highest BCUT2D eigenvalue weighted by atomic mass is 16.3. The van der Waals surface area contributed by atoms with Crippen LogP contribution in [-0.4, -0.2) is 16.2 Å². The average Bonchev–Trinajstić information content (AvgIpc) is 2.45. The number of aliphatic hydroxyl groups is 1. The molecule has 0 radical (unpaired) electrons. The molecule has 2 atom stereocenters. The van der Waals surface area contributed by atoms with Crippen LogP contribution in [0.3, 0.4) is 0 Å². The third kappa shape index (κ3) is 3.10. The molecule has 0 aliphatic heterocycles. The van der Waals surface area contributed by atoms with E-state index in [0.717, 1.165) is 29.3 Å². The second kappa shape index (κ2) is 6.31. The Morgan fingerprint density at radius 2 is 2.16 bits per heavy atom. The van der Waals surface area contributed by atoms with Gasteiger partial charge in [-0.15, -0.1) is 0 Å². The van der Waals surface area contributed by atoms with Crippen molar-refractivity contribution in [1.82, 2.24) is 4.98 Å². The Labute approximate surface area is 113 Å². The van der Waals surface area contributed by atoms with E-state index in [2.05, 4.69) is 18.0 Å². The van der Waals surface area contributed by atoms with Crippen molar-refractivity contribution in [2.45, 2.75) is 38.2 Å². The van der Waals surface area contributed by atoms with Crippen LogP contribution in [0, 0.1) is 11.3 Å². The lowest BCUT2D eigenvalue weighted by molar-refractivity contribution is 0.148. The van der Waals surface area contributed by atoms with E-state index in [-0.39, 0.29) is 0 Å². The SMILES string of the molecule is CCCCC(O)C(C#N)c1cnc2ccccc2c1. The first kappa shape index (κ1) is 13.5. The van der Waals surface area contributed by atoms with Crippen molar-refractivity contribution in [2.24, 2.45) is 0 Å². The number of hydrogen-bond donors (Lipinski definition) is 1. The highest BCUT2D eigenvalue weighted by Crippen LogP contribution is 2.24. The molecule has 0 spiro atoms. The van der Waals surface area contributed by atoms with Crippen LogP contribution in [0.25, 0.3) is 10.9 Å². The van der Waals surface area contributed by atoms with Gasteiger partial charge in [-0.1, -0.05) is 38.0 Å². The van der Waals surface area contributed by atoms with E-state index in [4.69, 9.17) is 0 Å². The third-order valence-electron chi connectivity index (χ3n) is 3.35. The number of aromatic nitrogens is 1. The minimum atomic E-state index is -0.618. The quantitative estimate of drug-likeness (QED) is 0.889. The van der Waals surface area contributed by atoms with Crippen LogP contribution in [0.15, 0.2) is 36.5 Å². The van der Waals surface area contributed by atoms with Crippen molar-refractivity contribution in [3.8, 4) is 6.07 Å². The Bertz CT molecular complexity index is 589. The van der Waals surface area contributed by atoms with Gasteiger partial charge in [-0.3, -0.25) is 4.98 Å². The Morgan fingerprint density at radius 1 is 1.37 bits per heavy atom. The maximum Gasteiger partial charge on any atom is 0.0986 e. The zero-order chi connectivity index (χ0) is 13.7. The summed E-state index contributed by atoms with van der Waals surface area (Å²) < 4.78 is 0. The molecule has 19 heavy (non-hydrogen) atoms. The standard InChI is InChI=1S/C16H18N2O/c1-2-3-8-16(19)14(10-17)13-9-12-6-4-5-7-15(12)18-11-13/h4-7,9,11,14,16,19H,2-3,8H2,1H3. The number of rotatable bonds is 5. The first-order valence-corrected chi connectivity index (χ1v) is 6.68. The average molecular weight is 254 g/mol. The molecular formula is C16H18N2O. The maximum atomic E-state index is 10.1. The fourth-order valence-corrected chi connectivity index (χ4v) is 2.22. The van der Waals surface area contributed by atoms with Crippen LogP contribution in [0.5, 0.6) is 0 Å². The van der Waals surface area contributed by atoms with Crippen molar-refractivity contribution < 1.29 is 5.11 Å². The molecule has 3 nitrogen and oxygen atoms in total. The van der Waals surface area contributed by atoms with Gasteiger partial charge in [0.2, 0.25) is 0 Å². The third-order valence-corrected chi connectivity index (χ3v) is 3.35. The predicted octanol–water partition coefficient (Wildman–Crippen LogP) is 3.39. The lowest BCUT2D eigenvalue weighted by Crippen LogP contribution is -2.17. The Hall–Kier alpha value is -1.92. The number of unbranched alkanes of at least 4 members (excludes halogenated alkanes) is 1.